The van der Waals surface area contributed by atoms with Crippen LogP contribution in [0.5, 0.6) is 0 Å². The van der Waals surface area contributed by atoms with Crippen molar-refractivity contribution < 1.29 is 9.59 Å². The number of amides is 2. The molecule has 0 aliphatic carbocycles. The molecular formula is C19H27ClN2O2. The Labute approximate surface area is 149 Å². The van der Waals surface area contributed by atoms with Crippen LogP contribution in [-0.4, -0.2) is 35.8 Å². The van der Waals surface area contributed by atoms with E-state index >= 15 is 0 Å². The molecule has 1 aliphatic rings. The van der Waals surface area contributed by atoms with E-state index in [0.717, 1.165) is 36.9 Å². The molecule has 1 aromatic carbocycles. The summed E-state index contributed by atoms with van der Waals surface area (Å²) in [6.07, 6.45) is 4.21. The second kappa shape index (κ2) is 8.02. The molecule has 132 valence electrons. The topological polar surface area (TPSA) is 40.6 Å². The van der Waals surface area contributed by atoms with Gasteiger partial charge in [0.2, 0.25) is 11.8 Å². The fourth-order valence-electron chi connectivity index (χ4n) is 3.58. The standard InChI is InChI=1S/C19H27ClN2O2/c1-5-16-8-6-7-9-21(16)18(24)12-22(15(4)23)19-14(3)10-13(2)11-17(19)20/h10-11,16H,5-9,12H2,1-4H3. The van der Waals surface area contributed by atoms with Crippen molar-refractivity contribution in [2.24, 2.45) is 0 Å². The first-order valence-electron chi connectivity index (χ1n) is 8.69. The minimum absolute atomic E-state index is 0.00721. The van der Waals surface area contributed by atoms with Crippen molar-refractivity contribution >= 4 is 29.1 Å². The van der Waals surface area contributed by atoms with Crippen molar-refractivity contribution in [2.45, 2.75) is 59.4 Å². The number of likely N-dealkylation sites (tertiary alicyclic amines) is 1. The van der Waals surface area contributed by atoms with Crippen molar-refractivity contribution in [1.29, 1.82) is 0 Å². The molecular weight excluding hydrogens is 324 g/mol. The van der Waals surface area contributed by atoms with Crippen LogP contribution >= 0.6 is 11.6 Å². The van der Waals surface area contributed by atoms with E-state index in [9.17, 15) is 9.59 Å². The summed E-state index contributed by atoms with van der Waals surface area (Å²) in [7, 11) is 0. The lowest BCUT2D eigenvalue weighted by atomic mass is 10.00. The molecule has 0 bridgehead atoms. The Balaban J connectivity index is 2.26. The van der Waals surface area contributed by atoms with Gasteiger partial charge in [-0.2, -0.15) is 0 Å². The van der Waals surface area contributed by atoms with Gasteiger partial charge in [-0.25, -0.2) is 0 Å². The number of halogens is 1. The van der Waals surface area contributed by atoms with Gasteiger partial charge in [-0.05, 0) is 56.7 Å². The van der Waals surface area contributed by atoms with E-state index in [2.05, 4.69) is 6.92 Å². The highest BCUT2D eigenvalue weighted by Crippen LogP contribution is 2.31. The second-order valence-electron chi connectivity index (χ2n) is 6.66. The summed E-state index contributed by atoms with van der Waals surface area (Å²) in [5, 5.41) is 0.515. The number of nitrogens with zero attached hydrogens (tertiary/aromatic N) is 2. The molecule has 2 rings (SSSR count). The first-order valence-corrected chi connectivity index (χ1v) is 9.07. The monoisotopic (exact) mass is 350 g/mol. The first-order chi connectivity index (χ1) is 11.3. The van der Waals surface area contributed by atoms with Crippen LogP contribution in [0.25, 0.3) is 0 Å². The molecule has 1 heterocycles. The predicted octanol–water partition coefficient (Wildman–Crippen LogP) is 4.10. The van der Waals surface area contributed by atoms with Crippen LogP contribution in [0.4, 0.5) is 5.69 Å². The third-order valence-corrected chi connectivity index (χ3v) is 5.05. The summed E-state index contributed by atoms with van der Waals surface area (Å²) in [4.78, 5) is 28.5. The molecule has 0 saturated carbocycles. The zero-order valence-electron chi connectivity index (χ0n) is 15.1. The number of benzene rings is 1. The highest BCUT2D eigenvalue weighted by atomic mass is 35.5. The fraction of sp³-hybridized carbons (Fsp3) is 0.579. The van der Waals surface area contributed by atoms with Crippen molar-refractivity contribution in [2.75, 3.05) is 18.0 Å². The van der Waals surface area contributed by atoms with Crippen LogP contribution < -0.4 is 4.90 Å². The maximum atomic E-state index is 12.8. The number of hydrogen-bond acceptors (Lipinski definition) is 2. The maximum absolute atomic E-state index is 12.8. The van der Waals surface area contributed by atoms with E-state index in [1.807, 2.05) is 30.9 Å². The highest BCUT2D eigenvalue weighted by Gasteiger charge is 2.28. The summed E-state index contributed by atoms with van der Waals surface area (Å²) < 4.78 is 0. The van der Waals surface area contributed by atoms with E-state index in [1.165, 1.54) is 18.2 Å². The predicted molar refractivity (Wildman–Crippen MR) is 98.6 cm³/mol. The first kappa shape index (κ1) is 18.8. The summed E-state index contributed by atoms with van der Waals surface area (Å²) in [6.45, 7) is 8.31. The quantitative estimate of drug-likeness (QED) is 0.820. The molecule has 0 N–H and O–H groups in total. The average Bonchev–Trinajstić information content (AvgIpc) is 2.52. The SMILES string of the molecule is CCC1CCCCN1C(=O)CN(C(C)=O)c1c(C)cc(C)cc1Cl. The Morgan fingerprint density at radius 1 is 1.29 bits per heavy atom. The summed E-state index contributed by atoms with van der Waals surface area (Å²) in [5.41, 5.74) is 2.60. The lowest BCUT2D eigenvalue weighted by Crippen LogP contribution is -2.49. The van der Waals surface area contributed by atoms with Gasteiger partial charge in [0.25, 0.3) is 0 Å². The summed E-state index contributed by atoms with van der Waals surface area (Å²) in [5.74, 6) is -0.157. The van der Waals surface area contributed by atoms with Gasteiger partial charge in [-0.3, -0.25) is 9.59 Å². The minimum atomic E-state index is -0.165. The molecule has 1 aliphatic heterocycles. The number of rotatable bonds is 4. The molecule has 0 radical (unpaired) electrons. The third-order valence-electron chi connectivity index (χ3n) is 4.76. The highest BCUT2D eigenvalue weighted by molar-refractivity contribution is 6.34. The zero-order valence-corrected chi connectivity index (χ0v) is 15.8. The molecule has 1 atom stereocenters. The van der Waals surface area contributed by atoms with Crippen LogP contribution in [0, 0.1) is 13.8 Å². The van der Waals surface area contributed by atoms with Gasteiger partial charge in [0.1, 0.15) is 6.54 Å². The molecule has 1 saturated heterocycles. The van der Waals surface area contributed by atoms with Crippen LogP contribution in [0.1, 0.15) is 50.7 Å². The zero-order chi connectivity index (χ0) is 17.9. The Kier molecular flexibility index (Phi) is 6.27. The van der Waals surface area contributed by atoms with Gasteiger partial charge in [-0.15, -0.1) is 0 Å². The fourth-order valence-corrected chi connectivity index (χ4v) is 4.00. The van der Waals surface area contributed by atoms with Crippen LogP contribution in [0.3, 0.4) is 0 Å². The van der Waals surface area contributed by atoms with Crippen molar-refractivity contribution in [1.82, 2.24) is 4.90 Å². The Bertz CT molecular complexity index is 607. The number of anilines is 1. The Morgan fingerprint density at radius 3 is 2.58 bits per heavy atom. The van der Waals surface area contributed by atoms with Crippen LogP contribution in [-0.2, 0) is 9.59 Å². The molecule has 0 aromatic heterocycles. The van der Waals surface area contributed by atoms with Gasteiger partial charge in [0.15, 0.2) is 0 Å². The molecule has 1 fully saturated rings. The minimum Gasteiger partial charge on any atom is -0.338 e. The van der Waals surface area contributed by atoms with Crippen LogP contribution in [0.15, 0.2) is 12.1 Å². The molecule has 1 unspecified atom stereocenters. The van der Waals surface area contributed by atoms with Gasteiger partial charge >= 0.3 is 0 Å². The summed E-state index contributed by atoms with van der Waals surface area (Å²) in [6, 6.07) is 4.10. The van der Waals surface area contributed by atoms with Gasteiger partial charge in [0, 0.05) is 19.5 Å². The van der Waals surface area contributed by atoms with E-state index < -0.39 is 0 Å². The van der Waals surface area contributed by atoms with E-state index in [4.69, 9.17) is 11.6 Å². The lowest BCUT2D eigenvalue weighted by molar-refractivity contribution is -0.134. The van der Waals surface area contributed by atoms with E-state index in [0.29, 0.717) is 10.7 Å². The lowest BCUT2D eigenvalue weighted by Gasteiger charge is -2.37. The van der Waals surface area contributed by atoms with Crippen molar-refractivity contribution in [3.63, 3.8) is 0 Å². The van der Waals surface area contributed by atoms with E-state index in [1.54, 1.807) is 0 Å². The molecule has 5 heteroatoms. The molecule has 4 nitrogen and oxygen atoms in total. The normalized spacial score (nSPS) is 17.7. The van der Waals surface area contributed by atoms with Gasteiger partial charge < -0.3 is 9.80 Å². The van der Waals surface area contributed by atoms with Gasteiger partial charge in [0.05, 0.1) is 10.7 Å². The Hall–Kier alpha value is -1.55. The number of carbonyl (C=O) groups is 2. The number of carbonyl (C=O) groups excluding carboxylic acids is 2. The summed E-state index contributed by atoms with van der Waals surface area (Å²) >= 11 is 6.38. The maximum Gasteiger partial charge on any atom is 0.242 e. The number of aryl methyl sites for hydroxylation is 2. The third kappa shape index (κ3) is 4.10. The Morgan fingerprint density at radius 2 is 2.00 bits per heavy atom. The molecule has 0 spiro atoms. The van der Waals surface area contributed by atoms with E-state index in [-0.39, 0.29) is 24.4 Å². The largest absolute Gasteiger partial charge is 0.338 e. The smallest absolute Gasteiger partial charge is 0.242 e. The van der Waals surface area contributed by atoms with Crippen molar-refractivity contribution in [3.05, 3.63) is 28.3 Å². The average molecular weight is 351 g/mol. The molecule has 2 amide bonds. The number of piperidine rings is 1. The van der Waals surface area contributed by atoms with Gasteiger partial charge in [-0.1, -0.05) is 24.6 Å². The number of hydrogen-bond donors (Lipinski definition) is 0. The van der Waals surface area contributed by atoms with Crippen LogP contribution in [0.2, 0.25) is 5.02 Å². The second-order valence-corrected chi connectivity index (χ2v) is 7.07. The molecule has 1 aromatic rings. The molecule has 24 heavy (non-hydrogen) atoms. The van der Waals surface area contributed by atoms with Crippen molar-refractivity contribution in [3.8, 4) is 0 Å².